The summed E-state index contributed by atoms with van der Waals surface area (Å²) in [5.41, 5.74) is 0.654. The number of hydrogen-bond donors (Lipinski definition) is 0. The summed E-state index contributed by atoms with van der Waals surface area (Å²) in [6.07, 6.45) is 3.55. The van der Waals surface area contributed by atoms with Gasteiger partial charge < -0.3 is 4.90 Å². The van der Waals surface area contributed by atoms with Gasteiger partial charge in [0.15, 0.2) is 9.84 Å². The van der Waals surface area contributed by atoms with Crippen LogP contribution in [0.5, 0.6) is 0 Å². The van der Waals surface area contributed by atoms with E-state index in [2.05, 4.69) is 0 Å². The molecule has 2 rings (SSSR count). The average molecular weight is 390 g/mol. The molecule has 0 spiro atoms. The Morgan fingerprint density at radius 2 is 2.08 bits per heavy atom. The summed E-state index contributed by atoms with van der Waals surface area (Å²) in [7, 11) is -3.05. The fourth-order valence-corrected chi connectivity index (χ4v) is 4.84. The Morgan fingerprint density at radius 3 is 2.67 bits per heavy atom. The van der Waals surface area contributed by atoms with Crippen molar-refractivity contribution >= 4 is 45.0 Å². The van der Waals surface area contributed by atoms with Crippen molar-refractivity contribution in [1.29, 1.82) is 0 Å². The van der Waals surface area contributed by atoms with E-state index in [-0.39, 0.29) is 29.4 Å². The van der Waals surface area contributed by atoms with Crippen molar-refractivity contribution in [3.63, 3.8) is 0 Å². The van der Waals surface area contributed by atoms with Crippen molar-refractivity contribution in [2.24, 2.45) is 5.92 Å². The van der Waals surface area contributed by atoms with Crippen LogP contribution < -0.4 is 0 Å². The van der Waals surface area contributed by atoms with Crippen LogP contribution in [0.3, 0.4) is 0 Å². The summed E-state index contributed by atoms with van der Waals surface area (Å²) in [5.74, 6) is 0.225. The Labute approximate surface area is 153 Å². The molecule has 1 heterocycles. The van der Waals surface area contributed by atoms with Gasteiger partial charge in [-0.25, -0.2) is 8.42 Å². The molecule has 0 aromatic heterocycles. The second-order valence-electron chi connectivity index (χ2n) is 6.42. The van der Waals surface area contributed by atoms with Crippen LogP contribution in [0.25, 0.3) is 6.08 Å². The lowest BCUT2D eigenvalue weighted by atomic mass is 10.1. The standard InChI is InChI=1S/C17H21Cl2NO3S/c1-12(2)10-20(14-8-9-24(22,23)11-14)16(21)7-6-13-4-3-5-15(18)17(13)19/h3-7,12,14H,8-11H2,1-2H3. The molecule has 0 radical (unpaired) electrons. The lowest BCUT2D eigenvalue weighted by molar-refractivity contribution is -0.128. The summed E-state index contributed by atoms with van der Waals surface area (Å²) in [5, 5.41) is 0.814. The Morgan fingerprint density at radius 1 is 1.38 bits per heavy atom. The van der Waals surface area contributed by atoms with E-state index in [9.17, 15) is 13.2 Å². The Hall–Kier alpha value is -1.04. The van der Waals surface area contributed by atoms with Crippen molar-refractivity contribution in [3.05, 3.63) is 39.9 Å². The number of halogens is 2. The predicted molar refractivity (Wildman–Crippen MR) is 99.1 cm³/mol. The summed E-state index contributed by atoms with van der Waals surface area (Å²) < 4.78 is 23.5. The molecule has 1 unspecified atom stereocenters. The highest BCUT2D eigenvalue weighted by Gasteiger charge is 2.34. The lowest BCUT2D eigenvalue weighted by Crippen LogP contribution is -2.42. The lowest BCUT2D eigenvalue weighted by Gasteiger charge is -2.28. The van der Waals surface area contributed by atoms with E-state index in [1.165, 1.54) is 6.08 Å². The minimum atomic E-state index is -3.05. The van der Waals surface area contributed by atoms with Crippen LogP contribution in [0.15, 0.2) is 24.3 Å². The number of amides is 1. The molecule has 0 saturated carbocycles. The predicted octanol–water partition coefficient (Wildman–Crippen LogP) is 3.68. The minimum absolute atomic E-state index is 0.0389. The average Bonchev–Trinajstić information content (AvgIpc) is 2.85. The van der Waals surface area contributed by atoms with E-state index in [1.54, 1.807) is 29.2 Å². The van der Waals surface area contributed by atoms with Crippen molar-refractivity contribution in [2.75, 3.05) is 18.1 Å². The molecule has 4 nitrogen and oxygen atoms in total. The van der Waals surface area contributed by atoms with Gasteiger partial charge in [0.05, 0.1) is 21.6 Å². The molecule has 132 valence electrons. The van der Waals surface area contributed by atoms with Crippen LogP contribution in [0.1, 0.15) is 25.8 Å². The highest BCUT2D eigenvalue weighted by Crippen LogP contribution is 2.26. The van der Waals surface area contributed by atoms with Gasteiger partial charge in [-0.3, -0.25) is 4.79 Å². The Balaban J connectivity index is 2.19. The molecule has 7 heteroatoms. The number of carbonyl (C=O) groups is 1. The summed E-state index contributed by atoms with van der Waals surface area (Å²) in [4.78, 5) is 14.3. The first kappa shape index (κ1) is 19.3. The molecule has 0 aliphatic carbocycles. The number of benzene rings is 1. The van der Waals surface area contributed by atoms with Gasteiger partial charge in [0.2, 0.25) is 5.91 Å². The van der Waals surface area contributed by atoms with Gasteiger partial charge in [0, 0.05) is 18.7 Å². The van der Waals surface area contributed by atoms with Crippen LogP contribution in [-0.2, 0) is 14.6 Å². The van der Waals surface area contributed by atoms with Gasteiger partial charge in [0.1, 0.15) is 0 Å². The molecule has 24 heavy (non-hydrogen) atoms. The molecule has 0 bridgehead atoms. The molecular weight excluding hydrogens is 369 g/mol. The van der Waals surface area contributed by atoms with Crippen molar-refractivity contribution in [2.45, 2.75) is 26.3 Å². The molecule has 1 fully saturated rings. The first-order valence-corrected chi connectivity index (χ1v) is 10.4. The third kappa shape index (κ3) is 4.98. The van der Waals surface area contributed by atoms with Gasteiger partial charge in [-0.1, -0.05) is 49.2 Å². The molecule has 1 amide bonds. The zero-order valence-corrected chi connectivity index (χ0v) is 16.0. The third-order valence-corrected chi connectivity index (χ3v) is 6.46. The molecule has 1 aromatic carbocycles. The van der Waals surface area contributed by atoms with Gasteiger partial charge in [0.25, 0.3) is 0 Å². The van der Waals surface area contributed by atoms with Crippen molar-refractivity contribution < 1.29 is 13.2 Å². The Bertz CT molecular complexity index is 744. The van der Waals surface area contributed by atoms with Crippen LogP contribution in [-0.4, -0.2) is 43.3 Å². The highest BCUT2D eigenvalue weighted by atomic mass is 35.5. The topological polar surface area (TPSA) is 54.5 Å². The van der Waals surface area contributed by atoms with E-state index < -0.39 is 9.84 Å². The third-order valence-electron chi connectivity index (χ3n) is 3.88. The first-order valence-electron chi connectivity index (χ1n) is 7.82. The molecular formula is C17H21Cl2NO3S. The van der Waals surface area contributed by atoms with Crippen molar-refractivity contribution in [1.82, 2.24) is 4.90 Å². The number of rotatable bonds is 5. The van der Waals surface area contributed by atoms with Gasteiger partial charge >= 0.3 is 0 Å². The highest BCUT2D eigenvalue weighted by molar-refractivity contribution is 7.91. The maximum absolute atomic E-state index is 12.6. The van der Waals surface area contributed by atoms with E-state index in [0.717, 1.165) is 0 Å². The number of hydrogen-bond acceptors (Lipinski definition) is 3. The molecule has 0 N–H and O–H groups in total. The molecule has 1 aliphatic heterocycles. The van der Waals surface area contributed by atoms with Crippen LogP contribution in [0.4, 0.5) is 0 Å². The van der Waals surface area contributed by atoms with E-state index in [0.29, 0.717) is 28.6 Å². The number of sulfone groups is 1. The molecule has 1 aromatic rings. The smallest absolute Gasteiger partial charge is 0.246 e. The minimum Gasteiger partial charge on any atom is -0.335 e. The second-order valence-corrected chi connectivity index (χ2v) is 9.43. The van der Waals surface area contributed by atoms with Gasteiger partial charge in [-0.2, -0.15) is 0 Å². The zero-order valence-electron chi connectivity index (χ0n) is 13.7. The van der Waals surface area contributed by atoms with E-state index >= 15 is 0 Å². The first-order chi connectivity index (χ1) is 11.2. The van der Waals surface area contributed by atoms with Crippen molar-refractivity contribution in [3.8, 4) is 0 Å². The summed E-state index contributed by atoms with van der Waals surface area (Å²) in [6.45, 7) is 4.52. The normalized spacial score (nSPS) is 20.0. The zero-order chi connectivity index (χ0) is 17.9. The fourth-order valence-electron chi connectivity index (χ4n) is 2.74. The van der Waals surface area contributed by atoms with Crippen LogP contribution in [0.2, 0.25) is 10.0 Å². The molecule has 1 aliphatic rings. The number of carbonyl (C=O) groups excluding carboxylic acids is 1. The summed E-state index contributed by atoms with van der Waals surface area (Å²) in [6, 6.07) is 4.94. The molecule has 1 atom stereocenters. The fraction of sp³-hybridized carbons (Fsp3) is 0.471. The van der Waals surface area contributed by atoms with Crippen LogP contribution in [0, 0.1) is 5.92 Å². The maximum atomic E-state index is 12.6. The van der Waals surface area contributed by atoms with Gasteiger partial charge in [-0.15, -0.1) is 0 Å². The van der Waals surface area contributed by atoms with E-state index in [1.807, 2.05) is 13.8 Å². The van der Waals surface area contributed by atoms with Gasteiger partial charge in [-0.05, 0) is 30.0 Å². The SMILES string of the molecule is CC(C)CN(C(=O)C=Cc1cccc(Cl)c1Cl)C1CCS(=O)(=O)C1. The largest absolute Gasteiger partial charge is 0.335 e. The second kappa shape index (κ2) is 7.89. The Kier molecular flexibility index (Phi) is 6.34. The van der Waals surface area contributed by atoms with E-state index in [4.69, 9.17) is 23.2 Å². The monoisotopic (exact) mass is 389 g/mol. The number of nitrogens with zero attached hydrogens (tertiary/aromatic N) is 1. The molecule has 1 saturated heterocycles. The summed E-state index contributed by atoms with van der Waals surface area (Å²) >= 11 is 12.1. The maximum Gasteiger partial charge on any atom is 0.246 e. The van der Waals surface area contributed by atoms with Crippen LogP contribution >= 0.6 is 23.2 Å². The quantitative estimate of drug-likeness (QED) is 0.721.